The fraction of sp³-hybridized carbons (Fsp3) is 0.190. The molecule has 6 heteroatoms. The molecule has 1 aromatic heterocycles. The Morgan fingerprint density at radius 1 is 0.741 bits per heavy atom. The van der Waals surface area contributed by atoms with Crippen molar-refractivity contribution in [3.05, 3.63) is 82.3 Å². The second-order valence-electron chi connectivity index (χ2n) is 6.52. The first kappa shape index (κ1) is 17.0. The largest absolute Gasteiger partial charge is 0.335 e. The van der Waals surface area contributed by atoms with Gasteiger partial charge < -0.3 is 14.8 Å². The fourth-order valence-electron chi connectivity index (χ4n) is 3.46. The van der Waals surface area contributed by atoms with E-state index in [9.17, 15) is 14.4 Å². The summed E-state index contributed by atoms with van der Waals surface area (Å²) in [4.78, 5) is 43.2. The van der Waals surface area contributed by atoms with E-state index in [0.29, 0.717) is 31.7 Å². The topological polar surface area (TPSA) is 73.5 Å². The molecule has 4 rings (SSSR count). The molecule has 0 atom stereocenters. The molecule has 0 saturated carbocycles. The van der Waals surface area contributed by atoms with E-state index in [2.05, 4.69) is 4.98 Å². The van der Waals surface area contributed by atoms with Gasteiger partial charge in [0.25, 0.3) is 17.4 Å². The summed E-state index contributed by atoms with van der Waals surface area (Å²) in [5.74, 6) is -0.328. The van der Waals surface area contributed by atoms with E-state index >= 15 is 0 Å². The van der Waals surface area contributed by atoms with Crippen molar-refractivity contribution >= 4 is 22.6 Å². The van der Waals surface area contributed by atoms with Crippen molar-refractivity contribution in [3.8, 4) is 0 Å². The summed E-state index contributed by atoms with van der Waals surface area (Å²) in [5.41, 5.74) is 0.412. The molecular weight excluding hydrogens is 342 g/mol. The molecule has 0 radical (unpaired) electrons. The molecule has 1 saturated heterocycles. The van der Waals surface area contributed by atoms with Crippen molar-refractivity contribution in [2.45, 2.75) is 0 Å². The number of benzene rings is 2. The van der Waals surface area contributed by atoms with Crippen molar-refractivity contribution in [3.63, 3.8) is 0 Å². The van der Waals surface area contributed by atoms with Crippen molar-refractivity contribution in [1.82, 2.24) is 14.8 Å². The van der Waals surface area contributed by atoms with E-state index in [4.69, 9.17) is 0 Å². The number of fused-ring (bicyclic) bond motifs is 1. The predicted octanol–water partition coefficient (Wildman–Crippen LogP) is 2.13. The van der Waals surface area contributed by atoms with E-state index in [1.165, 1.54) is 12.3 Å². The van der Waals surface area contributed by atoms with Crippen LogP contribution in [-0.2, 0) is 0 Å². The first-order chi connectivity index (χ1) is 13.1. The molecule has 6 nitrogen and oxygen atoms in total. The highest BCUT2D eigenvalue weighted by molar-refractivity contribution is 6.07. The molecule has 0 unspecified atom stereocenters. The van der Waals surface area contributed by atoms with Crippen LogP contribution in [0.1, 0.15) is 20.7 Å². The van der Waals surface area contributed by atoms with Crippen LogP contribution in [-0.4, -0.2) is 52.8 Å². The van der Waals surface area contributed by atoms with E-state index in [1.807, 2.05) is 42.5 Å². The minimum absolute atomic E-state index is 0.0311. The molecule has 0 spiro atoms. The van der Waals surface area contributed by atoms with Crippen molar-refractivity contribution in [2.75, 3.05) is 26.2 Å². The zero-order valence-electron chi connectivity index (χ0n) is 14.7. The predicted molar refractivity (Wildman–Crippen MR) is 103 cm³/mol. The summed E-state index contributed by atoms with van der Waals surface area (Å²) in [6.45, 7) is 1.70. The summed E-state index contributed by atoms with van der Waals surface area (Å²) in [6.07, 6.45) is 1.50. The maximum absolute atomic E-state index is 13.0. The number of hydrogen-bond donors (Lipinski definition) is 1. The van der Waals surface area contributed by atoms with Crippen LogP contribution in [0.4, 0.5) is 0 Å². The third-order valence-electron chi connectivity index (χ3n) is 4.92. The van der Waals surface area contributed by atoms with Crippen LogP contribution in [0.5, 0.6) is 0 Å². The summed E-state index contributed by atoms with van der Waals surface area (Å²) in [6, 6.07) is 16.7. The Bertz CT molecular complexity index is 1060. The van der Waals surface area contributed by atoms with Crippen LogP contribution in [0.2, 0.25) is 0 Å². The maximum Gasteiger partial charge on any atom is 0.260 e. The lowest BCUT2D eigenvalue weighted by atomic mass is 10.0. The number of amides is 2. The lowest BCUT2D eigenvalue weighted by molar-refractivity contribution is 0.0535. The number of nitrogens with one attached hydrogen (secondary N) is 1. The van der Waals surface area contributed by atoms with Crippen LogP contribution < -0.4 is 5.56 Å². The van der Waals surface area contributed by atoms with Gasteiger partial charge >= 0.3 is 0 Å². The number of piperazine rings is 1. The number of aromatic amines is 1. The highest BCUT2D eigenvalue weighted by Crippen LogP contribution is 2.20. The second kappa shape index (κ2) is 7.07. The highest BCUT2D eigenvalue weighted by atomic mass is 16.2. The Kier molecular flexibility index (Phi) is 4.46. The zero-order valence-corrected chi connectivity index (χ0v) is 14.7. The van der Waals surface area contributed by atoms with E-state index in [1.54, 1.807) is 15.9 Å². The van der Waals surface area contributed by atoms with E-state index < -0.39 is 5.56 Å². The molecule has 1 aliphatic rings. The summed E-state index contributed by atoms with van der Waals surface area (Å²) in [5, 5.41) is 1.96. The summed E-state index contributed by atoms with van der Waals surface area (Å²) < 4.78 is 0. The monoisotopic (exact) mass is 361 g/mol. The lowest BCUT2D eigenvalue weighted by Gasteiger charge is -2.34. The molecule has 2 heterocycles. The maximum atomic E-state index is 13.0. The number of pyridine rings is 1. The van der Waals surface area contributed by atoms with Crippen LogP contribution in [0.3, 0.4) is 0 Å². The Morgan fingerprint density at radius 2 is 1.33 bits per heavy atom. The number of nitrogens with zero attached hydrogens (tertiary/aromatic N) is 2. The number of carbonyl (C=O) groups excluding carboxylic acids is 2. The van der Waals surface area contributed by atoms with Crippen LogP contribution in [0.25, 0.3) is 10.8 Å². The first-order valence-electron chi connectivity index (χ1n) is 8.89. The molecule has 136 valence electrons. The van der Waals surface area contributed by atoms with Gasteiger partial charge in [-0.15, -0.1) is 0 Å². The first-order valence-corrected chi connectivity index (χ1v) is 8.89. The Hall–Kier alpha value is -3.41. The third kappa shape index (κ3) is 3.21. The molecule has 27 heavy (non-hydrogen) atoms. The van der Waals surface area contributed by atoms with Crippen LogP contribution in [0, 0.1) is 0 Å². The van der Waals surface area contributed by atoms with Gasteiger partial charge in [0.05, 0.1) is 0 Å². The molecule has 2 amide bonds. The van der Waals surface area contributed by atoms with Gasteiger partial charge in [-0.25, -0.2) is 0 Å². The SMILES string of the molecule is O=C(c1ccc[nH]c1=O)N1CCN(C(=O)c2cccc3ccccc23)CC1. The normalized spacial score (nSPS) is 14.4. The van der Waals surface area contributed by atoms with Gasteiger partial charge in [-0.3, -0.25) is 14.4 Å². The quantitative estimate of drug-likeness (QED) is 0.760. The van der Waals surface area contributed by atoms with Crippen molar-refractivity contribution in [1.29, 1.82) is 0 Å². The number of carbonyl (C=O) groups is 2. The molecular formula is C21H19N3O3. The Labute approximate surface area is 156 Å². The molecule has 2 aromatic carbocycles. The van der Waals surface area contributed by atoms with Crippen LogP contribution in [0.15, 0.2) is 65.6 Å². The average Bonchev–Trinajstić information content (AvgIpc) is 2.73. The van der Waals surface area contributed by atoms with Gasteiger partial charge in [-0.2, -0.15) is 0 Å². The second-order valence-corrected chi connectivity index (χ2v) is 6.52. The smallest absolute Gasteiger partial charge is 0.260 e. The van der Waals surface area contributed by atoms with Gasteiger partial charge in [0, 0.05) is 37.9 Å². The molecule has 0 bridgehead atoms. The Morgan fingerprint density at radius 3 is 2.04 bits per heavy atom. The van der Waals surface area contributed by atoms with E-state index in [0.717, 1.165) is 10.8 Å². The lowest BCUT2D eigenvalue weighted by Crippen LogP contribution is -2.51. The number of H-pyrrole nitrogens is 1. The van der Waals surface area contributed by atoms with Crippen molar-refractivity contribution in [2.24, 2.45) is 0 Å². The molecule has 1 aliphatic heterocycles. The van der Waals surface area contributed by atoms with E-state index in [-0.39, 0.29) is 17.4 Å². The Balaban J connectivity index is 1.49. The zero-order chi connectivity index (χ0) is 18.8. The standard InChI is InChI=1S/C21H19N3O3/c25-19-18(9-4-10-22-19)21(27)24-13-11-23(12-14-24)20(26)17-8-3-6-15-5-1-2-7-16(15)17/h1-10H,11-14H2,(H,22,25). The van der Waals surface area contributed by atoms with Gasteiger partial charge in [-0.1, -0.05) is 36.4 Å². The highest BCUT2D eigenvalue weighted by Gasteiger charge is 2.27. The van der Waals surface area contributed by atoms with Gasteiger partial charge in [0.1, 0.15) is 5.56 Å². The summed E-state index contributed by atoms with van der Waals surface area (Å²) >= 11 is 0. The van der Waals surface area contributed by atoms with Gasteiger partial charge in [0.2, 0.25) is 0 Å². The number of hydrogen-bond acceptors (Lipinski definition) is 3. The number of rotatable bonds is 2. The van der Waals surface area contributed by atoms with Gasteiger partial charge in [-0.05, 0) is 29.0 Å². The molecule has 3 aromatic rings. The number of aromatic nitrogens is 1. The fourth-order valence-corrected chi connectivity index (χ4v) is 3.46. The third-order valence-corrected chi connectivity index (χ3v) is 4.92. The molecule has 0 aliphatic carbocycles. The van der Waals surface area contributed by atoms with Gasteiger partial charge in [0.15, 0.2) is 0 Å². The molecule has 1 fully saturated rings. The van der Waals surface area contributed by atoms with Crippen LogP contribution >= 0.6 is 0 Å². The minimum Gasteiger partial charge on any atom is -0.335 e. The average molecular weight is 361 g/mol. The van der Waals surface area contributed by atoms with Crippen molar-refractivity contribution < 1.29 is 9.59 Å². The molecule has 1 N–H and O–H groups in total. The minimum atomic E-state index is -0.392. The summed E-state index contributed by atoms with van der Waals surface area (Å²) in [7, 11) is 0.